The maximum Gasteiger partial charge on any atom is 0.119 e. The third-order valence-corrected chi connectivity index (χ3v) is 1.84. The molecule has 0 fully saturated rings. The van der Waals surface area contributed by atoms with E-state index in [0.717, 1.165) is 11.5 Å². The quantitative estimate of drug-likeness (QED) is 0.724. The van der Waals surface area contributed by atoms with Gasteiger partial charge in [0.2, 0.25) is 0 Å². The Bertz CT molecular complexity index is 256. The third-order valence-electron chi connectivity index (χ3n) is 1.84. The van der Waals surface area contributed by atoms with Gasteiger partial charge in [-0.3, -0.25) is 0 Å². The topological polar surface area (TPSA) is 18.5 Å². The fraction of sp³-hybridized carbons (Fsp3) is 0.455. The largest absolute Gasteiger partial charge is 0.497 e. The fourth-order valence-corrected chi connectivity index (χ4v) is 1.01. The highest BCUT2D eigenvalue weighted by Crippen LogP contribution is 2.17. The molecule has 0 radical (unpaired) electrons. The first-order chi connectivity index (χ1) is 6.72. The van der Waals surface area contributed by atoms with Crippen molar-refractivity contribution in [3.8, 4) is 11.5 Å². The number of hydrogen-bond acceptors (Lipinski definition) is 2. The summed E-state index contributed by atoms with van der Waals surface area (Å²) in [5.41, 5.74) is 0. The Balaban J connectivity index is 2.36. The van der Waals surface area contributed by atoms with E-state index in [4.69, 9.17) is 9.47 Å². The number of alkyl halides is 1. The molecule has 0 bridgehead atoms. The molecule has 0 saturated carbocycles. The predicted octanol–water partition coefficient (Wildman–Crippen LogP) is 2.82. The fourth-order valence-electron chi connectivity index (χ4n) is 1.01. The number of ether oxygens (including phenoxy) is 2. The van der Waals surface area contributed by atoms with Gasteiger partial charge in [0.05, 0.1) is 13.7 Å². The maximum atomic E-state index is 12.4. The molecule has 0 aliphatic rings. The van der Waals surface area contributed by atoms with E-state index in [1.807, 2.05) is 24.3 Å². The molecule has 1 unspecified atom stereocenters. The first-order valence-corrected chi connectivity index (χ1v) is 4.63. The molecule has 0 aliphatic heterocycles. The molecule has 1 rings (SSSR count). The van der Waals surface area contributed by atoms with Crippen molar-refractivity contribution >= 4 is 0 Å². The van der Waals surface area contributed by atoms with Gasteiger partial charge in [0.15, 0.2) is 0 Å². The van der Waals surface area contributed by atoms with Crippen LogP contribution in [0.25, 0.3) is 0 Å². The van der Waals surface area contributed by atoms with E-state index >= 15 is 0 Å². The Morgan fingerprint density at radius 2 is 1.79 bits per heavy atom. The lowest BCUT2D eigenvalue weighted by atomic mass is 10.3. The summed E-state index contributed by atoms with van der Waals surface area (Å²) < 4.78 is 22.7. The number of hydrogen-bond donors (Lipinski definition) is 0. The lowest BCUT2D eigenvalue weighted by molar-refractivity contribution is 0.246. The van der Waals surface area contributed by atoms with Crippen molar-refractivity contribution in [3.63, 3.8) is 0 Å². The smallest absolute Gasteiger partial charge is 0.119 e. The van der Waals surface area contributed by atoms with Crippen LogP contribution in [0.5, 0.6) is 11.5 Å². The van der Waals surface area contributed by atoms with Gasteiger partial charge in [-0.1, -0.05) is 0 Å². The second-order valence-electron chi connectivity index (χ2n) is 3.09. The van der Waals surface area contributed by atoms with Crippen LogP contribution in [0.2, 0.25) is 0 Å². The second kappa shape index (κ2) is 5.47. The minimum atomic E-state index is -0.812. The predicted molar refractivity (Wildman–Crippen MR) is 53.7 cm³/mol. The maximum absolute atomic E-state index is 12.4. The summed E-state index contributed by atoms with van der Waals surface area (Å²) in [4.78, 5) is 0. The van der Waals surface area contributed by atoms with Crippen molar-refractivity contribution in [1.82, 2.24) is 0 Å². The van der Waals surface area contributed by atoms with Crippen molar-refractivity contribution in [1.29, 1.82) is 0 Å². The highest BCUT2D eigenvalue weighted by atomic mass is 19.1. The average molecular weight is 198 g/mol. The van der Waals surface area contributed by atoms with Crippen molar-refractivity contribution in [2.75, 3.05) is 13.7 Å². The zero-order valence-electron chi connectivity index (χ0n) is 8.50. The number of benzene rings is 1. The van der Waals surface area contributed by atoms with Gasteiger partial charge in [-0.05, 0) is 31.2 Å². The molecule has 0 amide bonds. The Kier molecular flexibility index (Phi) is 4.23. The molecule has 0 aliphatic carbocycles. The van der Waals surface area contributed by atoms with E-state index in [1.165, 1.54) is 6.92 Å². The van der Waals surface area contributed by atoms with Gasteiger partial charge in [-0.2, -0.15) is 0 Å². The highest BCUT2D eigenvalue weighted by molar-refractivity contribution is 5.31. The van der Waals surface area contributed by atoms with Crippen molar-refractivity contribution in [3.05, 3.63) is 24.3 Å². The summed E-state index contributed by atoms with van der Waals surface area (Å²) in [5, 5.41) is 0. The van der Waals surface area contributed by atoms with Crippen LogP contribution < -0.4 is 9.47 Å². The molecular weight excluding hydrogens is 183 g/mol. The van der Waals surface area contributed by atoms with E-state index < -0.39 is 6.17 Å². The van der Waals surface area contributed by atoms with Crippen LogP contribution >= 0.6 is 0 Å². The van der Waals surface area contributed by atoms with E-state index in [9.17, 15) is 4.39 Å². The Morgan fingerprint density at radius 1 is 1.21 bits per heavy atom. The Labute approximate surface area is 83.6 Å². The highest BCUT2D eigenvalue weighted by Gasteiger charge is 1.99. The molecule has 3 heteroatoms. The number of rotatable bonds is 5. The lowest BCUT2D eigenvalue weighted by Gasteiger charge is -2.07. The molecule has 0 saturated heterocycles. The molecule has 0 aromatic heterocycles. The van der Waals surface area contributed by atoms with Crippen LogP contribution in [-0.4, -0.2) is 19.9 Å². The minimum absolute atomic E-state index is 0.407. The summed E-state index contributed by atoms with van der Waals surface area (Å²) >= 11 is 0. The van der Waals surface area contributed by atoms with Crippen LogP contribution in [0.1, 0.15) is 13.3 Å². The molecule has 1 atom stereocenters. The first kappa shape index (κ1) is 10.8. The van der Waals surface area contributed by atoms with Gasteiger partial charge in [0, 0.05) is 6.42 Å². The normalized spacial score (nSPS) is 12.2. The van der Waals surface area contributed by atoms with Gasteiger partial charge in [-0.25, -0.2) is 4.39 Å². The monoisotopic (exact) mass is 198 g/mol. The summed E-state index contributed by atoms with van der Waals surface area (Å²) in [6.45, 7) is 1.93. The summed E-state index contributed by atoms with van der Waals surface area (Å²) in [7, 11) is 1.61. The second-order valence-corrected chi connectivity index (χ2v) is 3.09. The average Bonchev–Trinajstić information content (AvgIpc) is 2.18. The molecule has 0 heterocycles. The molecular formula is C11H15FO2. The zero-order valence-corrected chi connectivity index (χ0v) is 8.50. The first-order valence-electron chi connectivity index (χ1n) is 4.63. The standard InChI is InChI=1S/C11H15FO2/c1-9(12)7-8-14-11-5-3-10(13-2)4-6-11/h3-6,9H,7-8H2,1-2H3. The molecule has 2 nitrogen and oxygen atoms in total. The molecule has 0 N–H and O–H groups in total. The molecule has 1 aromatic carbocycles. The van der Waals surface area contributed by atoms with Crippen molar-refractivity contribution in [2.24, 2.45) is 0 Å². The zero-order chi connectivity index (χ0) is 10.4. The number of methoxy groups -OCH3 is 1. The van der Waals surface area contributed by atoms with Crippen molar-refractivity contribution < 1.29 is 13.9 Å². The number of halogens is 1. The van der Waals surface area contributed by atoms with Gasteiger partial charge in [0.1, 0.15) is 17.7 Å². The summed E-state index contributed by atoms with van der Waals surface area (Å²) in [5.74, 6) is 1.53. The third kappa shape index (κ3) is 3.64. The van der Waals surface area contributed by atoms with E-state index in [0.29, 0.717) is 13.0 Å². The molecule has 14 heavy (non-hydrogen) atoms. The van der Waals surface area contributed by atoms with Crippen LogP contribution in [0.15, 0.2) is 24.3 Å². The minimum Gasteiger partial charge on any atom is -0.497 e. The van der Waals surface area contributed by atoms with Gasteiger partial charge in [-0.15, -0.1) is 0 Å². The van der Waals surface area contributed by atoms with Crippen molar-refractivity contribution in [2.45, 2.75) is 19.5 Å². The lowest BCUT2D eigenvalue weighted by Crippen LogP contribution is -2.03. The summed E-state index contributed by atoms with van der Waals surface area (Å²) in [6.07, 6.45) is -0.389. The van der Waals surface area contributed by atoms with Crippen LogP contribution in [0.4, 0.5) is 4.39 Å². The molecule has 0 spiro atoms. The Morgan fingerprint density at radius 3 is 2.29 bits per heavy atom. The van der Waals surface area contributed by atoms with Crippen LogP contribution in [-0.2, 0) is 0 Å². The molecule has 78 valence electrons. The van der Waals surface area contributed by atoms with Crippen LogP contribution in [0.3, 0.4) is 0 Å². The van der Waals surface area contributed by atoms with E-state index in [1.54, 1.807) is 7.11 Å². The SMILES string of the molecule is COc1ccc(OCCC(C)F)cc1. The van der Waals surface area contributed by atoms with Gasteiger partial charge in [0.25, 0.3) is 0 Å². The van der Waals surface area contributed by atoms with Crippen LogP contribution in [0, 0.1) is 0 Å². The van der Waals surface area contributed by atoms with E-state index in [-0.39, 0.29) is 0 Å². The van der Waals surface area contributed by atoms with E-state index in [2.05, 4.69) is 0 Å². The van der Waals surface area contributed by atoms with Gasteiger partial charge < -0.3 is 9.47 Å². The van der Waals surface area contributed by atoms with Gasteiger partial charge >= 0.3 is 0 Å². The molecule has 1 aromatic rings. The Hall–Kier alpha value is -1.25. The summed E-state index contributed by atoms with van der Waals surface area (Å²) in [6, 6.07) is 7.24.